The van der Waals surface area contributed by atoms with Gasteiger partial charge in [0.1, 0.15) is 0 Å². The van der Waals surface area contributed by atoms with Crippen molar-refractivity contribution in [2.45, 2.75) is 26.9 Å². The highest BCUT2D eigenvalue weighted by Crippen LogP contribution is 1.84. The summed E-state index contributed by atoms with van der Waals surface area (Å²) in [6.45, 7) is 11.1. The number of rotatable bonds is 7. The van der Waals surface area contributed by atoms with E-state index in [-0.39, 0.29) is 6.10 Å². The lowest BCUT2D eigenvalue weighted by atomic mass is 10.4. The number of hydrogen-bond acceptors (Lipinski definition) is 3. The van der Waals surface area contributed by atoms with Crippen LogP contribution in [0.1, 0.15) is 20.8 Å². The van der Waals surface area contributed by atoms with Crippen LogP contribution in [0.25, 0.3) is 0 Å². The molecule has 0 saturated heterocycles. The van der Waals surface area contributed by atoms with Crippen molar-refractivity contribution in [1.29, 1.82) is 0 Å². The van der Waals surface area contributed by atoms with Crippen molar-refractivity contribution in [3.05, 3.63) is 0 Å². The Balaban J connectivity index is 3.17. The third-order valence-electron chi connectivity index (χ3n) is 1.94. The Hall–Kier alpha value is -0.120. The number of likely N-dealkylation sites (N-methyl/N-ethyl adjacent to an activating group) is 1. The van der Waals surface area contributed by atoms with Gasteiger partial charge in [0.05, 0.1) is 6.10 Å². The molecule has 0 aliphatic carbocycles. The minimum absolute atomic E-state index is 0.235. The van der Waals surface area contributed by atoms with Crippen LogP contribution < -0.4 is 5.32 Å². The molecule has 0 aromatic heterocycles. The maximum Gasteiger partial charge on any atom is 0.0636 e. The zero-order valence-electron chi connectivity index (χ0n) is 8.51. The molecule has 0 radical (unpaired) electrons. The average molecular weight is 174 g/mol. The van der Waals surface area contributed by atoms with Crippen LogP contribution in [0, 0.1) is 0 Å². The van der Waals surface area contributed by atoms with E-state index in [1.165, 1.54) is 0 Å². The molecule has 0 fully saturated rings. The van der Waals surface area contributed by atoms with Gasteiger partial charge in [0.25, 0.3) is 0 Å². The summed E-state index contributed by atoms with van der Waals surface area (Å²) in [5, 5.41) is 12.1. The van der Waals surface area contributed by atoms with E-state index in [2.05, 4.69) is 24.1 Å². The molecule has 0 aromatic rings. The van der Waals surface area contributed by atoms with Crippen molar-refractivity contribution in [2.75, 3.05) is 32.7 Å². The fourth-order valence-corrected chi connectivity index (χ4v) is 1.09. The maximum absolute atomic E-state index is 8.96. The Kier molecular flexibility index (Phi) is 7.45. The molecular weight excluding hydrogens is 152 g/mol. The smallest absolute Gasteiger partial charge is 0.0636 e. The van der Waals surface area contributed by atoms with Crippen LogP contribution in [-0.2, 0) is 0 Å². The first kappa shape index (κ1) is 11.9. The predicted octanol–water partition coefficient (Wildman–Crippen LogP) is 0.299. The molecule has 0 bridgehead atoms. The summed E-state index contributed by atoms with van der Waals surface area (Å²) >= 11 is 0. The number of aliphatic hydroxyl groups excluding tert-OH is 1. The van der Waals surface area contributed by atoms with Gasteiger partial charge in [0.15, 0.2) is 0 Å². The number of hydrogen-bond donors (Lipinski definition) is 2. The Morgan fingerprint density at radius 3 is 2.33 bits per heavy atom. The number of aliphatic hydroxyl groups is 1. The van der Waals surface area contributed by atoms with E-state index in [1.54, 1.807) is 6.92 Å². The quantitative estimate of drug-likeness (QED) is 0.545. The second kappa shape index (κ2) is 7.53. The van der Waals surface area contributed by atoms with Gasteiger partial charge < -0.3 is 15.3 Å². The molecule has 3 heteroatoms. The Labute approximate surface area is 75.8 Å². The molecule has 0 amide bonds. The highest BCUT2D eigenvalue weighted by molar-refractivity contribution is 4.57. The fraction of sp³-hybridized carbons (Fsp3) is 1.00. The fourth-order valence-electron chi connectivity index (χ4n) is 1.09. The molecule has 0 aliphatic rings. The molecule has 0 rings (SSSR count). The normalized spacial score (nSPS) is 13.8. The lowest BCUT2D eigenvalue weighted by molar-refractivity contribution is 0.188. The van der Waals surface area contributed by atoms with Gasteiger partial charge in [-0.25, -0.2) is 0 Å². The van der Waals surface area contributed by atoms with Crippen LogP contribution in [0.3, 0.4) is 0 Å². The van der Waals surface area contributed by atoms with E-state index < -0.39 is 0 Å². The number of nitrogens with one attached hydrogen (secondary N) is 1. The van der Waals surface area contributed by atoms with Gasteiger partial charge in [-0.05, 0) is 20.0 Å². The SMILES string of the molecule is CCN(CC)CCNC[C@H](C)O. The highest BCUT2D eigenvalue weighted by atomic mass is 16.3. The van der Waals surface area contributed by atoms with Gasteiger partial charge in [0, 0.05) is 19.6 Å². The van der Waals surface area contributed by atoms with Gasteiger partial charge in [-0.2, -0.15) is 0 Å². The molecule has 0 spiro atoms. The largest absolute Gasteiger partial charge is 0.392 e. The van der Waals surface area contributed by atoms with Crippen LogP contribution in [0.2, 0.25) is 0 Å². The van der Waals surface area contributed by atoms with E-state index in [0.29, 0.717) is 6.54 Å². The van der Waals surface area contributed by atoms with Crippen LogP contribution in [0.5, 0.6) is 0 Å². The minimum Gasteiger partial charge on any atom is -0.392 e. The summed E-state index contributed by atoms with van der Waals surface area (Å²) in [5.74, 6) is 0. The van der Waals surface area contributed by atoms with E-state index >= 15 is 0 Å². The summed E-state index contributed by atoms with van der Waals surface area (Å²) in [5.41, 5.74) is 0. The second-order valence-electron chi connectivity index (χ2n) is 3.08. The van der Waals surface area contributed by atoms with Crippen molar-refractivity contribution in [3.63, 3.8) is 0 Å². The molecule has 1 atom stereocenters. The van der Waals surface area contributed by atoms with Crippen LogP contribution in [-0.4, -0.2) is 48.8 Å². The third-order valence-corrected chi connectivity index (χ3v) is 1.94. The van der Waals surface area contributed by atoms with Gasteiger partial charge in [-0.1, -0.05) is 13.8 Å². The molecular formula is C9H22N2O. The molecule has 3 nitrogen and oxygen atoms in total. The Bertz CT molecular complexity index is 92.5. The average Bonchev–Trinajstić information content (AvgIpc) is 2.04. The summed E-state index contributed by atoms with van der Waals surface area (Å²) in [6, 6.07) is 0. The van der Waals surface area contributed by atoms with Gasteiger partial charge in [-0.15, -0.1) is 0 Å². The molecule has 2 N–H and O–H groups in total. The van der Waals surface area contributed by atoms with Gasteiger partial charge in [-0.3, -0.25) is 0 Å². The van der Waals surface area contributed by atoms with Crippen molar-refractivity contribution >= 4 is 0 Å². The summed E-state index contributed by atoms with van der Waals surface area (Å²) in [4.78, 5) is 2.36. The third kappa shape index (κ3) is 6.58. The molecule has 0 aromatic carbocycles. The monoisotopic (exact) mass is 174 g/mol. The Morgan fingerprint density at radius 2 is 1.92 bits per heavy atom. The van der Waals surface area contributed by atoms with Crippen LogP contribution in [0.4, 0.5) is 0 Å². The van der Waals surface area contributed by atoms with Crippen molar-refractivity contribution < 1.29 is 5.11 Å². The topological polar surface area (TPSA) is 35.5 Å². The van der Waals surface area contributed by atoms with Crippen molar-refractivity contribution in [1.82, 2.24) is 10.2 Å². The maximum atomic E-state index is 8.96. The molecule has 0 heterocycles. The first-order chi connectivity index (χ1) is 5.70. The predicted molar refractivity (Wildman–Crippen MR) is 52.3 cm³/mol. The summed E-state index contributed by atoms with van der Waals surface area (Å²) < 4.78 is 0. The molecule has 0 saturated carbocycles. The molecule has 74 valence electrons. The standard InChI is InChI=1S/C9H22N2O/c1-4-11(5-2)7-6-10-8-9(3)12/h9-10,12H,4-8H2,1-3H3/t9-/m0/s1. The zero-order chi connectivity index (χ0) is 9.40. The molecule has 12 heavy (non-hydrogen) atoms. The second-order valence-corrected chi connectivity index (χ2v) is 3.08. The lowest BCUT2D eigenvalue weighted by Crippen LogP contribution is -2.34. The summed E-state index contributed by atoms with van der Waals surface area (Å²) in [7, 11) is 0. The van der Waals surface area contributed by atoms with E-state index in [4.69, 9.17) is 5.11 Å². The summed E-state index contributed by atoms with van der Waals surface area (Å²) in [6.07, 6.45) is -0.235. The lowest BCUT2D eigenvalue weighted by Gasteiger charge is -2.18. The zero-order valence-corrected chi connectivity index (χ0v) is 8.51. The highest BCUT2D eigenvalue weighted by Gasteiger charge is 1.98. The molecule has 0 aliphatic heterocycles. The van der Waals surface area contributed by atoms with E-state index in [9.17, 15) is 0 Å². The van der Waals surface area contributed by atoms with Crippen LogP contribution >= 0.6 is 0 Å². The Morgan fingerprint density at radius 1 is 1.33 bits per heavy atom. The van der Waals surface area contributed by atoms with E-state index in [1.807, 2.05) is 0 Å². The van der Waals surface area contributed by atoms with E-state index in [0.717, 1.165) is 26.2 Å². The number of nitrogens with zero attached hydrogens (tertiary/aromatic N) is 1. The first-order valence-electron chi connectivity index (χ1n) is 4.81. The first-order valence-corrected chi connectivity index (χ1v) is 4.81. The van der Waals surface area contributed by atoms with Crippen molar-refractivity contribution in [3.8, 4) is 0 Å². The van der Waals surface area contributed by atoms with Gasteiger partial charge >= 0.3 is 0 Å². The van der Waals surface area contributed by atoms with Crippen LogP contribution in [0.15, 0.2) is 0 Å². The van der Waals surface area contributed by atoms with Gasteiger partial charge in [0.2, 0.25) is 0 Å². The van der Waals surface area contributed by atoms with Crippen molar-refractivity contribution in [2.24, 2.45) is 0 Å². The minimum atomic E-state index is -0.235. The molecule has 0 unspecified atom stereocenters.